The van der Waals surface area contributed by atoms with Crippen LogP contribution in [0.2, 0.25) is 0 Å². The maximum Gasteiger partial charge on any atom is 0.146 e. The lowest BCUT2D eigenvalue weighted by atomic mass is 10.2. The second kappa shape index (κ2) is 3.77. The Kier molecular flexibility index (Phi) is 2.25. The minimum absolute atomic E-state index is 0.201. The predicted octanol–water partition coefficient (Wildman–Crippen LogP) is 3.10. The summed E-state index contributed by atoms with van der Waals surface area (Å²) in [4.78, 5) is 2.17. The number of nitrogens with two attached hydrogens (primary N) is 1. The number of halogens is 1. The van der Waals surface area contributed by atoms with Gasteiger partial charge in [-0.1, -0.05) is 18.2 Å². The smallest absolute Gasteiger partial charge is 0.146 e. The first kappa shape index (κ1) is 10.1. The van der Waals surface area contributed by atoms with Gasteiger partial charge in [0, 0.05) is 17.9 Å². The second-order valence-electron chi connectivity index (χ2n) is 4.24. The van der Waals surface area contributed by atoms with Crippen LogP contribution in [0, 0.1) is 5.82 Å². The van der Waals surface area contributed by atoms with E-state index in [0.29, 0.717) is 0 Å². The number of anilines is 3. The molecule has 0 fully saturated rings. The van der Waals surface area contributed by atoms with Crippen molar-refractivity contribution in [2.45, 2.75) is 6.42 Å². The van der Waals surface area contributed by atoms with Gasteiger partial charge in [0.25, 0.3) is 0 Å². The first-order valence-corrected chi connectivity index (χ1v) is 5.66. The molecule has 0 amide bonds. The zero-order valence-electron chi connectivity index (χ0n) is 9.36. The van der Waals surface area contributed by atoms with Crippen molar-refractivity contribution in [1.29, 1.82) is 0 Å². The maximum absolute atomic E-state index is 13.1. The molecule has 1 aliphatic rings. The molecule has 0 aliphatic carbocycles. The highest BCUT2D eigenvalue weighted by molar-refractivity contribution is 5.71. The molecular formula is C14H13FN2. The molecule has 3 rings (SSSR count). The van der Waals surface area contributed by atoms with Gasteiger partial charge in [0.2, 0.25) is 0 Å². The monoisotopic (exact) mass is 228 g/mol. The first-order valence-electron chi connectivity index (χ1n) is 5.66. The highest BCUT2D eigenvalue weighted by atomic mass is 19.1. The number of hydrogen-bond donors (Lipinski definition) is 1. The van der Waals surface area contributed by atoms with Gasteiger partial charge in [-0.2, -0.15) is 0 Å². The Hall–Kier alpha value is -2.03. The molecule has 1 heterocycles. The van der Waals surface area contributed by atoms with Gasteiger partial charge < -0.3 is 10.6 Å². The molecule has 2 aromatic carbocycles. The van der Waals surface area contributed by atoms with E-state index in [-0.39, 0.29) is 11.5 Å². The fourth-order valence-electron chi connectivity index (χ4n) is 2.31. The predicted molar refractivity (Wildman–Crippen MR) is 68.0 cm³/mol. The number of fused-ring (bicyclic) bond motifs is 1. The number of benzene rings is 2. The summed E-state index contributed by atoms with van der Waals surface area (Å²) < 4.78 is 13.1. The highest BCUT2D eigenvalue weighted by Crippen LogP contribution is 2.35. The molecule has 0 spiro atoms. The molecule has 3 heteroatoms. The van der Waals surface area contributed by atoms with Gasteiger partial charge in [-0.3, -0.25) is 0 Å². The molecule has 0 radical (unpaired) electrons. The number of nitrogen functional groups attached to an aromatic ring is 1. The van der Waals surface area contributed by atoms with Gasteiger partial charge in [0.1, 0.15) is 5.82 Å². The lowest BCUT2D eigenvalue weighted by molar-refractivity contribution is 0.632. The third kappa shape index (κ3) is 1.64. The Morgan fingerprint density at radius 3 is 2.76 bits per heavy atom. The van der Waals surface area contributed by atoms with Crippen molar-refractivity contribution in [3.05, 3.63) is 53.8 Å². The zero-order valence-corrected chi connectivity index (χ0v) is 9.36. The zero-order chi connectivity index (χ0) is 11.8. The molecule has 17 heavy (non-hydrogen) atoms. The van der Waals surface area contributed by atoms with E-state index in [2.05, 4.69) is 17.0 Å². The summed E-state index contributed by atoms with van der Waals surface area (Å²) in [6.45, 7) is 0.921. The highest BCUT2D eigenvalue weighted by Gasteiger charge is 2.19. The first-order chi connectivity index (χ1) is 8.25. The molecule has 0 unspecified atom stereocenters. The summed E-state index contributed by atoms with van der Waals surface area (Å²) in [6, 6.07) is 13.2. The molecule has 1 aliphatic heterocycles. The van der Waals surface area contributed by atoms with Crippen molar-refractivity contribution < 1.29 is 4.39 Å². The summed E-state index contributed by atoms with van der Waals surface area (Å²) in [6.07, 6.45) is 1.02. The van der Waals surface area contributed by atoms with Crippen molar-refractivity contribution in [2.24, 2.45) is 0 Å². The quantitative estimate of drug-likeness (QED) is 0.760. The van der Waals surface area contributed by atoms with Gasteiger partial charge in [0.05, 0.1) is 5.69 Å². The molecule has 0 saturated heterocycles. The molecule has 2 aromatic rings. The van der Waals surface area contributed by atoms with Gasteiger partial charge in [-0.15, -0.1) is 0 Å². The summed E-state index contributed by atoms with van der Waals surface area (Å²) in [5.41, 5.74) is 9.28. The lowest BCUT2D eigenvalue weighted by Crippen LogP contribution is -2.13. The Labute approximate surface area is 99.5 Å². The van der Waals surface area contributed by atoms with Crippen LogP contribution in [0.3, 0.4) is 0 Å². The summed E-state index contributed by atoms with van der Waals surface area (Å²) >= 11 is 0. The van der Waals surface area contributed by atoms with Crippen molar-refractivity contribution in [3.63, 3.8) is 0 Å². The summed E-state index contributed by atoms with van der Waals surface area (Å²) in [5.74, 6) is -0.360. The van der Waals surface area contributed by atoms with E-state index >= 15 is 0 Å². The van der Waals surface area contributed by atoms with E-state index < -0.39 is 0 Å². The van der Waals surface area contributed by atoms with E-state index in [0.717, 1.165) is 18.7 Å². The molecule has 0 bridgehead atoms. The van der Waals surface area contributed by atoms with Crippen LogP contribution in [0.1, 0.15) is 5.56 Å². The van der Waals surface area contributed by atoms with Crippen LogP contribution in [-0.2, 0) is 6.42 Å². The number of hydrogen-bond acceptors (Lipinski definition) is 2. The number of para-hydroxylation sites is 1. The van der Waals surface area contributed by atoms with Crippen molar-refractivity contribution in [2.75, 3.05) is 17.2 Å². The molecular weight excluding hydrogens is 215 g/mol. The maximum atomic E-state index is 13.1. The van der Waals surface area contributed by atoms with Gasteiger partial charge in [0.15, 0.2) is 0 Å². The van der Waals surface area contributed by atoms with Gasteiger partial charge in [-0.25, -0.2) is 4.39 Å². The van der Waals surface area contributed by atoms with Crippen LogP contribution in [0.5, 0.6) is 0 Å². The van der Waals surface area contributed by atoms with E-state index in [1.54, 1.807) is 12.1 Å². The largest absolute Gasteiger partial charge is 0.396 e. The Morgan fingerprint density at radius 1 is 1.12 bits per heavy atom. The fourth-order valence-corrected chi connectivity index (χ4v) is 2.31. The standard InChI is InChI=1S/C14H13FN2/c15-12-6-5-11(9-13(12)16)17-8-7-10-3-1-2-4-14(10)17/h1-6,9H,7-8,16H2. The van der Waals surface area contributed by atoms with E-state index in [4.69, 9.17) is 5.73 Å². The van der Waals surface area contributed by atoms with Crippen LogP contribution >= 0.6 is 0 Å². The molecule has 2 N–H and O–H groups in total. The summed E-state index contributed by atoms with van der Waals surface area (Å²) in [5, 5.41) is 0. The van der Waals surface area contributed by atoms with Crippen LogP contribution in [0.25, 0.3) is 0 Å². The van der Waals surface area contributed by atoms with Crippen LogP contribution in [0.4, 0.5) is 21.5 Å². The molecule has 0 aromatic heterocycles. The van der Waals surface area contributed by atoms with Crippen molar-refractivity contribution in [3.8, 4) is 0 Å². The Morgan fingerprint density at radius 2 is 1.94 bits per heavy atom. The van der Waals surface area contributed by atoms with Crippen molar-refractivity contribution >= 4 is 17.1 Å². The SMILES string of the molecule is Nc1cc(N2CCc3ccccc32)ccc1F. The van der Waals surface area contributed by atoms with Gasteiger partial charge >= 0.3 is 0 Å². The minimum atomic E-state index is -0.360. The lowest BCUT2D eigenvalue weighted by Gasteiger charge is -2.20. The molecule has 0 atom stereocenters. The number of rotatable bonds is 1. The van der Waals surface area contributed by atoms with E-state index in [1.807, 2.05) is 12.1 Å². The topological polar surface area (TPSA) is 29.3 Å². The number of nitrogens with zero attached hydrogens (tertiary/aromatic N) is 1. The molecule has 0 saturated carbocycles. The third-order valence-electron chi connectivity index (χ3n) is 3.18. The Balaban J connectivity index is 2.04. The minimum Gasteiger partial charge on any atom is -0.396 e. The fraction of sp³-hybridized carbons (Fsp3) is 0.143. The molecule has 2 nitrogen and oxygen atoms in total. The average Bonchev–Trinajstić information content (AvgIpc) is 2.76. The summed E-state index contributed by atoms with van der Waals surface area (Å²) in [7, 11) is 0. The van der Waals surface area contributed by atoms with Crippen molar-refractivity contribution in [1.82, 2.24) is 0 Å². The normalized spacial score (nSPS) is 13.8. The van der Waals surface area contributed by atoms with E-state index in [1.165, 1.54) is 17.3 Å². The second-order valence-corrected chi connectivity index (χ2v) is 4.24. The average molecular weight is 228 g/mol. The molecule has 86 valence electrons. The van der Waals surface area contributed by atoms with Crippen LogP contribution in [-0.4, -0.2) is 6.54 Å². The van der Waals surface area contributed by atoms with Crippen LogP contribution < -0.4 is 10.6 Å². The van der Waals surface area contributed by atoms with Crippen LogP contribution in [0.15, 0.2) is 42.5 Å². The van der Waals surface area contributed by atoms with Gasteiger partial charge in [-0.05, 0) is 36.2 Å². The Bertz CT molecular complexity index is 566. The van der Waals surface area contributed by atoms with E-state index in [9.17, 15) is 4.39 Å². The third-order valence-corrected chi connectivity index (χ3v) is 3.18.